The topological polar surface area (TPSA) is 155 Å². The summed E-state index contributed by atoms with van der Waals surface area (Å²) in [6.07, 6.45) is 0.867. The minimum absolute atomic E-state index is 0.0559. The quantitative estimate of drug-likeness (QED) is 0.230. The number of primary amides is 1. The maximum atomic E-state index is 14.1. The molecule has 4 atom stereocenters. The molecule has 1 aliphatic rings. The molecule has 0 aliphatic heterocycles. The molecule has 0 radical (unpaired) electrons. The number of benzene rings is 2. The third-order valence-corrected chi connectivity index (χ3v) is 8.56. The van der Waals surface area contributed by atoms with Gasteiger partial charge in [0.2, 0.25) is 17.7 Å². The van der Waals surface area contributed by atoms with E-state index >= 15 is 0 Å². The number of alkyl carbamates (subject to hydrolysis) is 1. The number of para-hydroxylation sites is 1. The zero-order valence-corrected chi connectivity index (χ0v) is 25.6. The summed E-state index contributed by atoms with van der Waals surface area (Å²) < 4.78 is 5.40. The van der Waals surface area contributed by atoms with E-state index in [4.69, 9.17) is 10.5 Å². The lowest BCUT2D eigenvalue weighted by Crippen LogP contribution is -2.67. The maximum absolute atomic E-state index is 14.1. The lowest BCUT2D eigenvalue weighted by Gasteiger charge is -2.39. The van der Waals surface area contributed by atoms with Crippen LogP contribution in [0.3, 0.4) is 0 Å². The van der Waals surface area contributed by atoms with Gasteiger partial charge >= 0.3 is 6.09 Å². The number of carbonyl (C=O) groups is 4. The van der Waals surface area contributed by atoms with Crippen LogP contribution < -0.4 is 21.7 Å². The number of ether oxygens (including phenoxy) is 1. The molecule has 0 spiro atoms. The molecule has 1 heterocycles. The molecule has 4 rings (SSSR count). The maximum Gasteiger partial charge on any atom is 0.408 e. The van der Waals surface area contributed by atoms with E-state index in [-0.39, 0.29) is 24.9 Å². The molecule has 6 N–H and O–H groups in total. The van der Waals surface area contributed by atoms with Gasteiger partial charge in [0.05, 0.1) is 0 Å². The molecule has 230 valence electrons. The first-order valence-electron chi connectivity index (χ1n) is 14.9. The van der Waals surface area contributed by atoms with Gasteiger partial charge in [0, 0.05) is 23.0 Å². The third kappa shape index (κ3) is 7.01. The number of rotatable bonds is 11. The number of nitrogens with one attached hydrogen (secondary N) is 4. The first-order valence-corrected chi connectivity index (χ1v) is 14.9. The zero-order chi connectivity index (χ0) is 31.3. The summed E-state index contributed by atoms with van der Waals surface area (Å²) in [5, 5.41) is 9.57. The van der Waals surface area contributed by atoms with Gasteiger partial charge in [-0.3, -0.25) is 14.4 Å². The summed E-state index contributed by atoms with van der Waals surface area (Å²) in [7, 11) is 0. The molecular formula is C33H43N5O5. The number of amides is 4. The number of nitrogens with two attached hydrogens (primary N) is 1. The van der Waals surface area contributed by atoms with Crippen LogP contribution in [0.4, 0.5) is 4.79 Å². The van der Waals surface area contributed by atoms with Crippen LogP contribution in [0, 0.1) is 18.8 Å². The van der Waals surface area contributed by atoms with E-state index in [0.717, 1.165) is 33.3 Å². The molecule has 1 aliphatic carbocycles. The standard InChI is InChI=1S/C33H43N5O5/c1-6-20(4)28(37-32(42)43-18-22-12-8-7-9-13-22)30(40)38-33(31(41)36-26(19(2)3)29(34)39)16-15-25-24(17-33)23-14-10-11-21(5)27(23)35-25/h7-14,19-20,26,28,35H,6,15-18H2,1-5H3,(H2,34,39)(H,36,41)(H,37,42)(H,38,40)/t20-,26-,28-,33-/m0/s1. The van der Waals surface area contributed by atoms with Crippen LogP contribution in [0.2, 0.25) is 0 Å². The van der Waals surface area contributed by atoms with Gasteiger partial charge < -0.3 is 31.4 Å². The first kappa shape index (κ1) is 31.6. The van der Waals surface area contributed by atoms with Crippen molar-refractivity contribution < 1.29 is 23.9 Å². The highest BCUT2D eigenvalue weighted by atomic mass is 16.5. The van der Waals surface area contributed by atoms with Gasteiger partial charge in [-0.1, -0.05) is 82.6 Å². The summed E-state index contributed by atoms with van der Waals surface area (Å²) >= 11 is 0. The molecule has 0 saturated heterocycles. The normalized spacial score (nSPS) is 18.3. The Bertz CT molecular complexity index is 1480. The Balaban J connectivity index is 1.63. The van der Waals surface area contributed by atoms with E-state index < -0.39 is 41.4 Å². The molecule has 2 aromatic carbocycles. The highest BCUT2D eigenvalue weighted by Crippen LogP contribution is 2.35. The minimum atomic E-state index is -1.38. The van der Waals surface area contributed by atoms with E-state index in [9.17, 15) is 19.2 Å². The molecule has 4 amide bonds. The molecule has 0 fully saturated rings. The number of aromatic nitrogens is 1. The minimum Gasteiger partial charge on any atom is -0.445 e. The van der Waals surface area contributed by atoms with Crippen molar-refractivity contribution in [2.24, 2.45) is 17.6 Å². The van der Waals surface area contributed by atoms with Crippen LogP contribution >= 0.6 is 0 Å². The average Bonchev–Trinajstić information content (AvgIpc) is 3.36. The lowest BCUT2D eigenvalue weighted by molar-refractivity contribution is -0.137. The lowest BCUT2D eigenvalue weighted by atomic mass is 9.78. The average molecular weight is 590 g/mol. The van der Waals surface area contributed by atoms with Crippen LogP contribution in [0.25, 0.3) is 10.9 Å². The number of hydrogen-bond acceptors (Lipinski definition) is 5. The largest absolute Gasteiger partial charge is 0.445 e. The number of aromatic amines is 1. The summed E-state index contributed by atoms with van der Waals surface area (Å²) in [5.74, 6) is -2.14. The summed E-state index contributed by atoms with van der Waals surface area (Å²) in [6, 6.07) is 13.4. The monoisotopic (exact) mass is 589 g/mol. The molecule has 1 aromatic heterocycles. The van der Waals surface area contributed by atoms with E-state index in [1.807, 2.05) is 69.3 Å². The van der Waals surface area contributed by atoms with Crippen LogP contribution in [0.15, 0.2) is 48.5 Å². The van der Waals surface area contributed by atoms with Crippen molar-refractivity contribution in [3.8, 4) is 0 Å². The van der Waals surface area contributed by atoms with Crippen molar-refractivity contribution in [1.82, 2.24) is 20.9 Å². The van der Waals surface area contributed by atoms with Crippen molar-refractivity contribution >= 4 is 34.7 Å². The summed E-state index contributed by atoms with van der Waals surface area (Å²) in [5.41, 5.74) is 9.10. The zero-order valence-electron chi connectivity index (χ0n) is 25.6. The van der Waals surface area contributed by atoms with Crippen LogP contribution in [-0.4, -0.2) is 46.4 Å². The van der Waals surface area contributed by atoms with Crippen molar-refractivity contribution in [2.75, 3.05) is 0 Å². The fourth-order valence-corrected chi connectivity index (χ4v) is 5.73. The summed E-state index contributed by atoms with van der Waals surface area (Å²) in [4.78, 5) is 56.6. The third-order valence-electron chi connectivity index (χ3n) is 8.56. The van der Waals surface area contributed by atoms with Crippen LogP contribution in [0.1, 0.15) is 62.9 Å². The van der Waals surface area contributed by atoms with Crippen molar-refractivity contribution in [3.05, 3.63) is 70.9 Å². The molecule has 0 bridgehead atoms. The van der Waals surface area contributed by atoms with Gasteiger partial charge in [0.1, 0.15) is 24.2 Å². The van der Waals surface area contributed by atoms with Crippen molar-refractivity contribution in [1.29, 1.82) is 0 Å². The van der Waals surface area contributed by atoms with Crippen LogP contribution in [0.5, 0.6) is 0 Å². The van der Waals surface area contributed by atoms with Crippen LogP contribution in [-0.2, 0) is 38.6 Å². The Labute approximate surface area is 252 Å². The van der Waals surface area contributed by atoms with Gasteiger partial charge in [0.25, 0.3) is 0 Å². The highest BCUT2D eigenvalue weighted by molar-refractivity contribution is 5.98. The predicted molar refractivity (Wildman–Crippen MR) is 165 cm³/mol. The molecule has 10 heteroatoms. The Morgan fingerprint density at radius 1 is 1.00 bits per heavy atom. The van der Waals surface area contributed by atoms with E-state index in [1.54, 1.807) is 13.8 Å². The molecule has 43 heavy (non-hydrogen) atoms. The highest BCUT2D eigenvalue weighted by Gasteiger charge is 2.46. The van der Waals surface area contributed by atoms with Gasteiger partial charge in [-0.05, 0) is 48.3 Å². The fraction of sp³-hybridized carbons (Fsp3) is 0.455. The van der Waals surface area contributed by atoms with E-state index in [0.29, 0.717) is 19.3 Å². The summed E-state index contributed by atoms with van der Waals surface area (Å²) in [6.45, 7) is 9.45. The fourth-order valence-electron chi connectivity index (χ4n) is 5.73. The number of aryl methyl sites for hydroxylation is 2. The predicted octanol–water partition coefficient (Wildman–Crippen LogP) is 3.79. The van der Waals surface area contributed by atoms with Gasteiger partial charge in [-0.25, -0.2) is 4.79 Å². The van der Waals surface area contributed by atoms with Crippen molar-refractivity contribution in [3.63, 3.8) is 0 Å². The Kier molecular flexibility index (Phi) is 9.78. The van der Waals surface area contributed by atoms with Crippen molar-refractivity contribution in [2.45, 2.75) is 84.5 Å². The second-order valence-electron chi connectivity index (χ2n) is 12.0. The molecule has 3 aromatic rings. The second kappa shape index (κ2) is 13.3. The van der Waals surface area contributed by atoms with E-state index in [1.165, 1.54) is 0 Å². The Hall–Kier alpha value is -4.34. The first-order chi connectivity index (χ1) is 20.5. The van der Waals surface area contributed by atoms with Gasteiger partial charge in [-0.15, -0.1) is 0 Å². The second-order valence-corrected chi connectivity index (χ2v) is 12.0. The van der Waals surface area contributed by atoms with Gasteiger partial charge in [-0.2, -0.15) is 0 Å². The Morgan fingerprint density at radius 2 is 1.72 bits per heavy atom. The van der Waals surface area contributed by atoms with E-state index in [2.05, 4.69) is 20.9 Å². The molecule has 0 unspecified atom stereocenters. The number of H-pyrrole nitrogens is 1. The Morgan fingerprint density at radius 3 is 2.37 bits per heavy atom. The number of carbonyl (C=O) groups excluding carboxylic acids is 4. The number of fused-ring (bicyclic) bond motifs is 3. The molecule has 10 nitrogen and oxygen atoms in total. The smallest absolute Gasteiger partial charge is 0.408 e. The number of hydrogen-bond donors (Lipinski definition) is 5. The molecular weight excluding hydrogens is 546 g/mol. The van der Waals surface area contributed by atoms with Gasteiger partial charge in [0.15, 0.2) is 0 Å². The SMILES string of the molecule is CC[C@H](C)[C@H](NC(=O)OCc1ccccc1)C(=O)N[C@@]1(C(=O)N[C@H](C(N)=O)C(C)C)CCc2[nH]c3c(C)cccc3c2C1. The molecule has 0 saturated carbocycles.